The maximum atomic E-state index is 13.0. The molecule has 10 heteroatoms. The molecule has 1 heterocycles. The van der Waals surface area contributed by atoms with Crippen molar-refractivity contribution in [3.8, 4) is 6.07 Å². The SMILES string of the molecule is Cn1nc(/C(O)=C(\C#N)S(=O)(=O)c2cccc([N+](=O)[O-])c2)c2ccc3ccccc3c21. The van der Waals surface area contributed by atoms with Crippen LogP contribution in [0.1, 0.15) is 5.69 Å². The second-order valence-corrected chi connectivity index (χ2v) is 8.59. The molecule has 0 saturated heterocycles. The van der Waals surface area contributed by atoms with Crippen molar-refractivity contribution in [3.05, 3.63) is 81.4 Å². The normalized spacial score (nSPS) is 12.5. The second-order valence-electron chi connectivity index (χ2n) is 6.70. The Morgan fingerprint density at radius 3 is 2.58 bits per heavy atom. The van der Waals surface area contributed by atoms with Gasteiger partial charge in [0.1, 0.15) is 11.8 Å². The third-order valence-electron chi connectivity index (χ3n) is 4.88. The number of nitro benzene ring substituents is 1. The van der Waals surface area contributed by atoms with E-state index >= 15 is 0 Å². The lowest BCUT2D eigenvalue weighted by atomic mass is 10.1. The zero-order valence-electron chi connectivity index (χ0n) is 16.1. The number of non-ortho nitro benzene ring substituents is 1. The molecule has 0 unspecified atom stereocenters. The van der Waals surface area contributed by atoms with Gasteiger partial charge in [-0.15, -0.1) is 0 Å². The second kappa shape index (κ2) is 7.23. The van der Waals surface area contributed by atoms with E-state index < -0.39 is 36.0 Å². The van der Waals surface area contributed by atoms with Gasteiger partial charge in [0.2, 0.25) is 9.84 Å². The van der Waals surface area contributed by atoms with Crippen molar-refractivity contribution in [2.24, 2.45) is 7.05 Å². The Kier molecular flexibility index (Phi) is 4.68. The predicted octanol–water partition coefficient (Wildman–Crippen LogP) is 3.86. The van der Waals surface area contributed by atoms with Gasteiger partial charge in [0.15, 0.2) is 10.7 Å². The molecule has 0 spiro atoms. The van der Waals surface area contributed by atoms with Crippen molar-refractivity contribution >= 4 is 43.0 Å². The Morgan fingerprint density at radius 1 is 1.13 bits per heavy atom. The summed E-state index contributed by atoms with van der Waals surface area (Å²) in [5.41, 5.74) is 0.131. The van der Waals surface area contributed by atoms with Crippen LogP contribution in [0.15, 0.2) is 70.5 Å². The number of benzene rings is 3. The molecule has 0 aliphatic carbocycles. The number of hydrogen-bond acceptors (Lipinski definition) is 7. The van der Waals surface area contributed by atoms with Crippen molar-refractivity contribution in [3.63, 3.8) is 0 Å². The number of nitriles is 1. The van der Waals surface area contributed by atoms with Crippen LogP contribution in [-0.4, -0.2) is 28.2 Å². The highest BCUT2D eigenvalue weighted by molar-refractivity contribution is 7.95. The van der Waals surface area contributed by atoms with Crippen molar-refractivity contribution in [2.45, 2.75) is 4.90 Å². The van der Waals surface area contributed by atoms with Crippen LogP contribution in [0.25, 0.3) is 27.4 Å². The highest BCUT2D eigenvalue weighted by atomic mass is 32.2. The van der Waals surface area contributed by atoms with E-state index in [-0.39, 0.29) is 5.69 Å². The lowest BCUT2D eigenvalue weighted by molar-refractivity contribution is -0.385. The Bertz CT molecular complexity index is 1560. The molecular formula is C21H14N4O5S. The smallest absolute Gasteiger partial charge is 0.270 e. The van der Waals surface area contributed by atoms with E-state index in [4.69, 9.17) is 0 Å². The zero-order valence-corrected chi connectivity index (χ0v) is 16.9. The Hall–Kier alpha value is -4.23. The summed E-state index contributed by atoms with van der Waals surface area (Å²) in [6, 6.07) is 16.8. The minimum Gasteiger partial charge on any atom is -0.504 e. The van der Waals surface area contributed by atoms with Crippen LogP contribution in [-0.2, 0) is 16.9 Å². The number of nitro groups is 1. The molecule has 0 fully saturated rings. The molecule has 0 radical (unpaired) electrons. The summed E-state index contributed by atoms with van der Waals surface area (Å²) in [6.07, 6.45) is 0. The predicted molar refractivity (Wildman–Crippen MR) is 114 cm³/mol. The number of aryl methyl sites for hydroxylation is 1. The van der Waals surface area contributed by atoms with Crippen LogP contribution >= 0.6 is 0 Å². The molecule has 0 amide bonds. The average molecular weight is 434 g/mol. The van der Waals surface area contributed by atoms with E-state index in [1.807, 2.05) is 24.3 Å². The fraction of sp³-hybridized carbons (Fsp3) is 0.0476. The van der Waals surface area contributed by atoms with Gasteiger partial charge in [-0.05, 0) is 17.5 Å². The minimum absolute atomic E-state index is 0.0752. The van der Waals surface area contributed by atoms with Crippen LogP contribution in [0.4, 0.5) is 5.69 Å². The molecule has 1 N–H and O–H groups in total. The summed E-state index contributed by atoms with van der Waals surface area (Å²) in [4.78, 5) is 8.84. The van der Waals surface area contributed by atoms with Gasteiger partial charge >= 0.3 is 0 Å². The molecule has 0 aliphatic rings. The quantitative estimate of drug-likeness (QED) is 0.223. The fourth-order valence-corrected chi connectivity index (χ4v) is 4.69. The maximum absolute atomic E-state index is 13.0. The fourth-order valence-electron chi connectivity index (χ4n) is 3.45. The molecule has 4 aromatic rings. The standard InChI is InChI=1S/C21H14N4O5S/c1-24-20-16-8-3-2-5-13(16)9-10-17(20)19(23-24)21(26)18(12-22)31(29,30)15-7-4-6-14(11-15)25(27)28/h2-11,26H,1H3/b21-18-. The molecule has 0 saturated carbocycles. The summed E-state index contributed by atoms with van der Waals surface area (Å²) in [6.45, 7) is 0. The van der Waals surface area contributed by atoms with Crippen LogP contribution in [0.3, 0.4) is 0 Å². The summed E-state index contributed by atoms with van der Waals surface area (Å²) < 4.78 is 27.5. The van der Waals surface area contributed by atoms with Crippen molar-refractivity contribution in [1.82, 2.24) is 9.78 Å². The first kappa shape index (κ1) is 20.1. The van der Waals surface area contributed by atoms with Gasteiger partial charge in [0.05, 0.1) is 15.3 Å². The minimum atomic E-state index is -4.54. The van der Waals surface area contributed by atoms with Gasteiger partial charge in [-0.3, -0.25) is 14.8 Å². The Morgan fingerprint density at radius 2 is 1.87 bits per heavy atom. The molecule has 9 nitrogen and oxygen atoms in total. The van der Waals surface area contributed by atoms with Crippen molar-refractivity contribution < 1.29 is 18.4 Å². The lowest BCUT2D eigenvalue weighted by Gasteiger charge is -2.05. The summed E-state index contributed by atoms with van der Waals surface area (Å²) in [5, 5.41) is 37.9. The van der Waals surface area contributed by atoms with Gasteiger partial charge < -0.3 is 5.11 Å². The van der Waals surface area contributed by atoms with Gasteiger partial charge in [-0.25, -0.2) is 8.42 Å². The summed E-state index contributed by atoms with van der Waals surface area (Å²) in [5.74, 6) is -0.824. The number of aromatic nitrogens is 2. The number of nitrogens with zero attached hydrogens (tertiary/aromatic N) is 4. The Balaban J connectivity index is 1.97. The van der Waals surface area contributed by atoms with Crippen molar-refractivity contribution in [1.29, 1.82) is 5.26 Å². The first-order chi connectivity index (χ1) is 14.8. The Labute approximate surface area is 176 Å². The van der Waals surface area contributed by atoms with Gasteiger partial charge in [-0.2, -0.15) is 10.4 Å². The number of sulfone groups is 1. The first-order valence-corrected chi connectivity index (χ1v) is 10.4. The van der Waals surface area contributed by atoms with Gasteiger partial charge in [0, 0.05) is 30.0 Å². The molecular weight excluding hydrogens is 420 g/mol. The highest BCUT2D eigenvalue weighted by Gasteiger charge is 2.29. The van der Waals surface area contributed by atoms with Crippen LogP contribution in [0, 0.1) is 21.4 Å². The van der Waals surface area contributed by atoms with Crippen LogP contribution in [0.2, 0.25) is 0 Å². The third-order valence-corrected chi connectivity index (χ3v) is 6.57. The molecule has 0 aliphatic heterocycles. The first-order valence-electron chi connectivity index (χ1n) is 8.93. The van der Waals surface area contributed by atoms with Gasteiger partial charge in [0.25, 0.3) is 5.69 Å². The summed E-state index contributed by atoms with van der Waals surface area (Å²) >= 11 is 0. The molecule has 0 atom stereocenters. The van der Waals surface area contributed by atoms with E-state index in [1.165, 1.54) is 16.8 Å². The van der Waals surface area contributed by atoms with E-state index in [0.29, 0.717) is 10.9 Å². The number of aliphatic hydroxyl groups excluding tert-OH is 1. The number of aliphatic hydroxyl groups is 1. The monoisotopic (exact) mass is 434 g/mol. The maximum Gasteiger partial charge on any atom is 0.270 e. The number of fused-ring (bicyclic) bond motifs is 3. The lowest BCUT2D eigenvalue weighted by Crippen LogP contribution is -2.07. The molecule has 1 aromatic heterocycles. The molecule has 0 bridgehead atoms. The summed E-state index contributed by atoms with van der Waals surface area (Å²) in [7, 11) is -2.90. The molecule has 31 heavy (non-hydrogen) atoms. The number of hydrogen-bond donors (Lipinski definition) is 1. The van der Waals surface area contributed by atoms with Crippen LogP contribution in [0.5, 0.6) is 0 Å². The van der Waals surface area contributed by atoms with Crippen LogP contribution < -0.4 is 0 Å². The number of rotatable bonds is 4. The third kappa shape index (κ3) is 3.17. The van der Waals surface area contributed by atoms with E-state index in [2.05, 4.69) is 5.10 Å². The zero-order chi connectivity index (χ0) is 22.3. The molecule has 4 rings (SSSR count). The van der Waals surface area contributed by atoms with Crippen molar-refractivity contribution in [2.75, 3.05) is 0 Å². The topological polar surface area (TPSA) is 139 Å². The van der Waals surface area contributed by atoms with E-state index in [9.17, 15) is 28.9 Å². The highest BCUT2D eigenvalue weighted by Crippen LogP contribution is 2.33. The largest absolute Gasteiger partial charge is 0.504 e. The average Bonchev–Trinajstić information content (AvgIpc) is 3.11. The van der Waals surface area contributed by atoms with Gasteiger partial charge in [-0.1, -0.05) is 36.4 Å². The molecule has 3 aromatic carbocycles. The van der Waals surface area contributed by atoms with E-state index in [0.717, 1.165) is 29.0 Å². The van der Waals surface area contributed by atoms with E-state index in [1.54, 1.807) is 19.2 Å². The number of allylic oxidation sites excluding steroid dienone is 1. The molecule has 154 valence electrons.